The van der Waals surface area contributed by atoms with Gasteiger partial charge in [-0.2, -0.15) is 0 Å². The Hall–Kier alpha value is -2.42. The molecule has 0 saturated heterocycles. The van der Waals surface area contributed by atoms with Gasteiger partial charge in [-0.25, -0.2) is 0 Å². The first kappa shape index (κ1) is 29.6. The molecule has 0 aliphatic carbocycles. The third-order valence-corrected chi connectivity index (χ3v) is 6.68. The van der Waals surface area contributed by atoms with E-state index in [1.807, 2.05) is 20.8 Å². The monoisotopic (exact) mass is 466 g/mol. The summed E-state index contributed by atoms with van der Waals surface area (Å²) in [5.74, 6) is 0.677. The van der Waals surface area contributed by atoms with Crippen molar-refractivity contribution in [1.82, 2.24) is 0 Å². The molecule has 0 amide bonds. The number of esters is 1. The van der Waals surface area contributed by atoms with Crippen molar-refractivity contribution in [2.24, 2.45) is 5.41 Å². The van der Waals surface area contributed by atoms with Crippen LogP contribution in [0.2, 0.25) is 0 Å². The Labute approximate surface area is 208 Å². The Morgan fingerprint density at radius 3 is 1.68 bits per heavy atom. The number of Topliss-reactive ketones (excluding diaryl/α,β-unsaturated/α-hetero) is 1. The van der Waals surface area contributed by atoms with Crippen LogP contribution in [0.3, 0.4) is 0 Å². The fraction of sp³-hybridized carbons (Fsp3) is 0.548. The van der Waals surface area contributed by atoms with E-state index in [1.165, 1.54) is 24.5 Å². The molecule has 0 aliphatic heterocycles. The SMILES string of the molecule is CCC(C)c1ccc(CCC(C)(C(C)=O)C(=O)OC(C)(C)C)cc1.CCC(C)c1ccccc1. The first-order valence-electron chi connectivity index (χ1n) is 12.7. The second-order valence-corrected chi connectivity index (χ2v) is 10.7. The Balaban J connectivity index is 0.000000479. The number of hydrogen-bond donors (Lipinski definition) is 0. The summed E-state index contributed by atoms with van der Waals surface area (Å²) >= 11 is 0. The average Bonchev–Trinajstić information content (AvgIpc) is 2.81. The zero-order valence-electron chi connectivity index (χ0n) is 22.9. The van der Waals surface area contributed by atoms with Crippen molar-refractivity contribution in [3.05, 3.63) is 71.3 Å². The van der Waals surface area contributed by atoms with Crippen molar-refractivity contribution in [3.63, 3.8) is 0 Å². The molecule has 0 spiro atoms. The summed E-state index contributed by atoms with van der Waals surface area (Å²) in [6.45, 7) is 17.5. The zero-order valence-corrected chi connectivity index (χ0v) is 22.9. The predicted molar refractivity (Wildman–Crippen MR) is 143 cm³/mol. The van der Waals surface area contributed by atoms with Crippen LogP contribution in [0.25, 0.3) is 0 Å². The molecule has 3 atom stereocenters. The molecule has 34 heavy (non-hydrogen) atoms. The largest absolute Gasteiger partial charge is 0.459 e. The molecule has 2 aromatic carbocycles. The minimum atomic E-state index is -1.09. The van der Waals surface area contributed by atoms with Crippen molar-refractivity contribution >= 4 is 11.8 Å². The Morgan fingerprint density at radius 1 is 0.794 bits per heavy atom. The van der Waals surface area contributed by atoms with Crippen LogP contribution in [-0.4, -0.2) is 17.4 Å². The highest BCUT2D eigenvalue weighted by Crippen LogP contribution is 2.29. The minimum absolute atomic E-state index is 0.145. The first-order valence-corrected chi connectivity index (χ1v) is 12.7. The Bertz CT molecular complexity index is 877. The van der Waals surface area contributed by atoms with E-state index in [0.717, 1.165) is 12.0 Å². The molecule has 0 heterocycles. The second kappa shape index (κ2) is 13.5. The van der Waals surface area contributed by atoms with Gasteiger partial charge in [0.2, 0.25) is 0 Å². The molecule has 2 rings (SSSR count). The van der Waals surface area contributed by atoms with E-state index in [0.29, 0.717) is 24.7 Å². The molecular weight excluding hydrogens is 420 g/mol. The fourth-order valence-corrected chi connectivity index (χ4v) is 3.47. The normalized spacial score (nSPS) is 14.7. The molecule has 0 bridgehead atoms. The van der Waals surface area contributed by atoms with Gasteiger partial charge >= 0.3 is 5.97 Å². The van der Waals surface area contributed by atoms with Gasteiger partial charge in [0.05, 0.1) is 0 Å². The molecule has 0 radical (unpaired) electrons. The van der Waals surface area contributed by atoms with Gasteiger partial charge in [-0.15, -0.1) is 0 Å². The minimum Gasteiger partial charge on any atom is -0.459 e. The first-order chi connectivity index (χ1) is 15.8. The van der Waals surface area contributed by atoms with Crippen LogP contribution < -0.4 is 0 Å². The summed E-state index contributed by atoms with van der Waals surface area (Å²) in [6.07, 6.45) is 3.47. The maximum absolute atomic E-state index is 12.5. The van der Waals surface area contributed by atoms with Gasteiger partial charge in [-0.1, -0.05) is 82.3 Å². The molecule has 0 saturated carbocycles. The molecule has 0 aliphatic rings. The fourth-order valence-electron chi connectivity index (χ4n) is 3.47. The lowest BCUT2D eigenvalue weighted by Crippen LogP contribution is -2.40. The van der Waals surface area contributed by atoms with Crippen molar-refractivity contribution < 1.29 is 14.3 Å². The topological polar surface area (TPSA) is 43.4 Å². The molecular formula is C31H46O3. The van der Waals surface area contributed by atoms with E-state index in [9.17, 15) is 9.59 Å². The van der Waals surface area contributed by atoms with Crippen LogP contribution >= 0.6 is 0 Å². The van der Waals surface area contributed by atoms with Gasteiger partial charge in [-0.05, 0) is 88.8 Å². The highest BCUT2D eigenvalue weighted by molar-refractivity contribution is 6.02. The van der Waals surface area contributed by atoms with Crippen LogP contribution in [0, 0.1) is 5.41 Å². The average molecular weight is 467 g/mol. The summed E-state index contributed by atoms with van der Waals surface area (Å²) in [7, 11) is 0. The lowest BCUT2D eigenvalue weighted by atomic mass is 9.80. The highest BCUT2D eigenvalue weighted by atomic mass is 16.6. The summed E-state index contributed by atoms with van der Waals surface area (Å²) in [6, 6.07) is 19.1. The number of rotatable bonds is 9. The molecule has 3 unspecified atom stereocenters. The predicted octanol–water partition coefficient (Wildman–Crippen LogP) is 8.27. The zero-order chi connectivity index (χ0) is 25.9. The summed E-state index contributed by atoms with van der Waals surface area (Å²) in [4.78, 5) is 24.6. The van der Waals surface area contributed by atoms with Crippen LogP contribution in [0.1, 0.15) is 110 Å². The van der Waals surface area contributed by atoms with Crippen LogP contribution in [0.15, 0.2) is 54.6 Å². The third-order valence-electron chi connectivity index (χ3n) is 6.68. The molecule has 3 nitrogen and oxygen atoms in total. The second-order valence-electron chi connectivity index (χ2n) is 10.7. The molecule has 0 N–H and O–H groups in total. The van der Waals surface area contributed by atoms with Gasteiger partial charge in [0.1, 0.15) is 16.8 Å². The van der Waals surface area contributed by atoms with Gasteiger partial charge < -0.3 is 4.74 Å². The maximum Gasteiger partial charge on any atom is 0.319 e. The van der Waals surface area contributed by atoms with Gasteiger partial charge in [0.15, 0.2) is 0 Å². The maximum atomic E-state index is 12.5. The molecule has 2 aromatic rings. The molecule has 0 fully saturated rings. The van der Waals surface area contributed by atoms with Crippen molar-refractivity contribution in [2.45, 2.75) is 105 Å². The third kappa shape index (κ3) is 9.44. The number of ketones is 1. The van der Waals surface area contributed by atoms with E-state index in [2.05, 4.69) is 82.3 Å². The van der Waals surface area contributed by atoms with Crippen LogP contribution in [0.5, 0.6) is 0 Å². The smallest absolute Gasteiger partial charge is 0.319 e. The van der Waals surface area contributed by atoms with Gasteiger partial charge in [0, 0.05) is 0 Å². The Kier molecular flexibility index (Phi) is 11.7. The number of ether oxygens (including phenoxy) is 1. The van der Waals surface area contributed by atoms with Gasteiger partial charge in [0.25, 0.3) is 0 Å². The van der Waals surface area contributed by atoms with Gasteiger partial charge in [-0.3, -0.25) is 9.59 Å². The lowest BCUT2D eigenvalue weighted by molar-refractivity contribution is -0.169. The van der Waals surface area contributed by atoms with E-state index < -0.39 is 17.0 Å². The van der Waals surface area contributed by atoms with E-state index in [1.54, 1.807) is 6.92 Å². The van der Waals surface area contributed by atoms with Crippen molar-refractivity contribution in [1.29, 1.82) is 0 Å². The molecule has 188 valence electrons. The lowest BCUT2D eigenvalue weighted by Gasteiger charge is -2.29. The van der Waals surface area contributed by atoms with Crippen LogP contribution in [-0.2, 0) is 20.7 Å². The summed E-state index contributed by atoms with van der Waals surface area (Å²) < 4.78 is 5.46. The van der Waals surface area contributed by atoms with Crippen molar-refractivity contribution in [3.8, 4) is 0 Å². The van der Waals surface area contributed by atoms with E-state index >= 15 is 0 Å². The Morgan fingerprint density at radius 2 is 1.26 bits per heavy atom. The number of benzene rings is 2. The highest BCUT2D eigenvalue weighted by Gasteiger charge is 2.41. The molecule has 3 heteroatoms. The summed E-state index contributed by atoms with van der Waals surface area (Å²) in [5, 5.41) is 0. The number of hydrogen-bond acceptors (Lipinski definition) is 3. The quantitative estimate of drug-likeness (QED) is 0.276. The number of aryl methyl sites for hydroxylation is 1. The summed E-state index contributed by atoms with van der Waals surface area (Å²) in [5.41, 5.74) is 2.22. The van der Waals surface area contributed by atoms with E-state index in [4.69, 9.17) is 4.74 Å². The van der Waals surface area contributed by atoms with Crippen LogP contribution in [0.4, 0.5) is 0 Å². The number of carbonyl (C=O) groups excluding carboxylic acids is 2. The number of carbonyl (C=O) groups is 2. The standard InChI is InChI=1S/C21H32O3.C10H14/c1-8-15(2)18-11-9-17(10-12-18)13-14-21(7,16(3)22)19(23)24-20(4,5)6;1-3-9(2)10-7-5-4-6-8-10/h9-12,15H,8,13-14H2,1-7H3;4-9H,3H2,1-2H3. The van der Waals surface area contributed by atoms with E-state index in [-0.39, 0.29) is 5.78 Å². The van der Waals surface area contributed by atoms with Crippen molar-refractivity contribution in [2.75, 3.05) is 0 Å². The molecule has 0 aromatic heterocycles.